The van der Waals surface area contributed by atoms with Crippen molar-refractivity contribution in [1.29, 1.82) is 0 Å². The fourth-order valence-electron chi connectivity index (χ4n) is 2.90. The first kappa shape index (κ1) is 16.6. The number of amides is 1. The highest BCUT2D eigenvalue weighted by molar-refractivity contribution is 5.92. The summed E-state index contributed by atoms with van der Waals surface area (Å²) in [5.41, 5.74) is 8.89. The Kier molecular flexibility index (Phi) is 4.62. The summed E-state index contributed by atoms with van der Waals surface area (Å²) in [7, 11) is 0. The van der Waals surface area contributed by atoms with Crippen molar-refractivity contribution in [2.75, 3.05) is 13.1 Å². The Morgan fingerprint density at radius 2 is 2.17 bits per heavy atom. The second kappa shape index (κ2) is 6.69. The molecule has 2 heterocycles. The molecule has 0 saturated heterocycles. The van der Waals surface area contributed by atoms with Gasteiger partial charge in [-0.1, -0.05) is 19.9 Å². The predicted molar refractivity (Wildman–Crippen MR) is 93.2 cm³/mol. The highest BCUT2D eigenvalue weighted by atomic mass is 16.5. The van der Waals surface area contributed by atoms with Crippen LogP contribution in [0.25, 0.3) is 11.3 Å². The standard InChI is InChI=1S/C19H24N2O3/c1-11(2)10-21-19(22)17-5-4-16(24-17)15-7-12(3)6-13-8-14(9-20)23-18(13)15/h4-7,11,14H,8-10,20H2,1-3H3,(H,21,22)/t14-/m0/s1. The van der Waals surface area contributed by atoms with Crippen molar-refractivity contribution in [2.24, 2.45) is 11.7 Å². The molecular weight excluding hydrogens is 304 g/mol. The van der Waals surface area contributed by atoms with Gasteiger partial charge in [-0.25, -0.2) is 0 Å². The number of fused-ring (bicyclic) bond motifs is 1. The molecule has 128 valence electrons. The van der Waals surface area contributed by atoms with E-state index >= 15 is 0 Å². The Labute approximate surface area is 142 Å². The van der Waals surface area contributed by atoms with Gasteiger partial charge in [-0.05, 0) is 42.2 Å². The summed E-state index contributed by atoms with van der Waals surface area (Å²) < 4.78 is 11.7. The fraction of sp³-hybridized carbons (Fsp3) is 0.421. The first-order valence-corrected chi connectivity index (χ1v) is 8.36. The molecule has 0 bridgehead atoms. The molecule has 2 aromatic rings. The van der Waals surface area contributed by atoms with Gasteiger partial charge < -0.3 is 20.2 Å². The molecule has 1 aliphatic heterocycles. The van der Waals surface area contributed by atoms with Crippen molar-refractivity contribution in [1.82, 2.24) is 5.32 Å². The average molecular weight is 328 g/mol. The maximum Gasteiger partial charge on any atom is 0.287 e. The lowest BCUT2D eigenvalue weighted by Crippen LogP contribution is -2.26. The van der Waals surface area contributed by atoms with Crippen LogP contribution < -0.4 is 15.8 Å². The molecule has 0 unspecified atom stereocenters. The second-order valence-corrected chi connectivity index (χ2v) is 6.75. The monoisotopic (exact) mass is 328 g/mol. The number of aryl methyl sites for hydroxylation is 1. The van der Waals surface area contributed by atoms with Crippen LogP contribution in [0.4, 0.5) is 0 Å². The van der Waals surface area contributed by atoms with Crippen LogP contribution in [0.2, 0.25) is 0 Å². The van der Waals surface area contributed by atoms with E-state index in [1.54, 1.807) is 6.07 Å². The molecule has 3 rings (SSSR count). The summed E-state index contributed by atoms with van der Waals surface area (Å²) in [6.07, 6.45) is 0.812. The first-order chi connectivity index (χ1) is 11.5. The quantitative estimate of drug-likeness (QED) is 0.885. The third-order valence-corrected chi connectivity index (χ3v) is 4.07. The zero-order valence-electron chi connectivity index (χ0n) is 14.4. The van der Waals surface area contributed by atoms with Gasteiger partial charge in [0.1, 0.15) is 17.6 Å². The minimum Gasteiger partial charge on any atom is -0.488 e. The van der Waals surface area contributed by atoms with E-state index < -0.39 is 0 Å². The second-order valence-electron chi connectivity index (χ2n) is 6.75. The molecule has 1 atom stereocenters. The number of nitrogens with one attached hydrogen (secondary N) is 1. The Hall–Kier alpha value is -2.27. The molecule has 0 saturated carbocycles. The lowest BCUT2D eigenvalue weighted by Gasteiger charge is -2.10. The highest BCUT2D eigenvalue weighted by Crippen LogP contribution is 2.40. The van der Waals surface area contributed by atoms with Crippen molar-refractivity contribution < 1.29 is 13.9 Å². The van der Waals surface area contributed by atoms with Crippen LogP contribution in [0, 0.1) is 12.8 Å². The summed E-state index contributed by atoms with van der Waals surface area (Å²) >= 11 is 0. The molecule has 24 heavy (non-hydrogen) atoms. The van der Waals surface area contributed by atoms with E-state index in [0.717, 1.165) is 28.9 Å². The maximum atomic E-state index is 12.1. The van der Waals surface area contributed by atoms with Crippen LogP contribution in [0.3, 0.4) is 0 Å². The third kappa shape index (κ3) is 3.31. The van der Waals surface area contributed by atoms with E-state index in [9.17, 15) is 4.79 Å². The molecule has 0 spiro atoms. The lowest BCUT2D eigenvalue weighted by molar-refractivity contribution is 0.0922. The summed E-state index contributed by atoms with van der Waals surface area (Å²) in [4.78, 5) is 12.1. The first-order valence-electron chi connectivity index (χ1n) is 8.36. The van der Waals surface area contributed by atoms with Crippen LogP contribution in [0.5, 0.6) is 5.75 Å². The topological polar surface area (TPSA) is 77.5 Å². The molecule has 1 amide bonds. The van der Waals surface area contributed by atoms with E-state index in [1.807, 2.05) is 19.1 Å². The Balaban J connectivity index is 1.87. The number of carbonyl (C=O) groups is 1. The van der Waals surface area contributed by atoms with Gasteiger partial charge in [-0.3, -0.25) is 4.79 Å². The van der Waals surface area contributed by atoms with Crippen molar-refractivity contribution in [3.63, 3.8) is 0 Å². The largest absolute Gasteiger partial charge is 0.488 e. The number of nitrogens with two attached hydrogens (primary N) is 1. The lowest BCUT2D eigenvalue weighted by atomic mass is 10.0. The molecule has 5 nitrogen and oxygen atoms in total. The van der Waals surface area contributed by atoms with Gasteiger partial charge in [0, 0.05) is 19.5 Å². The molecule has 1 aliphatic rings. The smallest absolute Gasteiger partial charge is 0.287 e. The number of hydrogen-bond donors (Lipinski definition) is 2. The zero-order valence-corrected chi connectivity index (χ0v) is 14.4. The van der Waals surface area contributed by atoms with E-state index in [0.29, 0.717) is 30.5 Å². The minimum absolute atomic E-state index is 0.00400. The third-order valence-electron chi connectivity index (χ3n) is 4.07. The highest BCUT2D eigenvalue weighted by Gasteiger charge is 2.26. The van der Waals surface area contributed by atoms with Gasteiger partial charge in [-0.2, -0.15) is 0 Å². The van der Waals surface area contributed by atoms with Gasteiger partial charge in [0.2, 0.25) is 0 Å². The van der Waals surface area contributed by atoms with Crippen molar-refractivity contribution in [2.45, 2.75) is 33.3 Å². The molecule has 0 radical (unpaired) electrons. The van der Waals surface area contributed by atoms with Gasteiger partial charge in [0.25, 0.3) is 5.91 Å². The molecule has 1 aromatic heterocycles. The number of furan rings is 1. The molecule has 0 aliphatic carbocycles. The molecular formula is C19H24N2O3. The van der Waals surface area contributed by atoms with E-state index in [4.69, 9.17) is 14.9 Å². The summed E-state index contributed by atoms with van der Waals surface area (Å²) in [5, 5.41) is 2.86. The number of hydrogen-bond acceptors (Lipinski definition) is 4. The van der Waals surface area contributed by atoms with Crippen LogP contribution in [-0.2, 0) is 6.42 Å². The molecule has 1 aromatic carbocycles. The number of ether oxygens (including phenoxy) is 1. The molecule has 5 heteroatoms. The zero-order chi connectivity index (χ0) is 17.3. The summed E-state index contributed by atoms with van der Waals surface area (Å²) in [5.74, 6) is 1.97. The van der Waals surface area contributed by atoms with Crippen LogP contribution in [-0.4, -0.2) is 25.1 Å². The minimum atomic E-state index is -0.194. The Morgan fingerprint density at radius 1 is 1.38 bits per heavy atom. The van der Waals surface area contributed by atoms with Crippen LogP contribution in [0.1, 0.15) is 35.5 Å². The average Bonchev–Trinajstić information content (AvgIpc) is 3.18. The number of carbonyl (C=O) groups excluding carboxylic acids is 1. The van der Waals surface area contributed by atoms with Crippen LogP contribution >= 0.6 is 0 Å². The number of rotatable bonds is 5. The van der Waals surface area contributed by atoms with Gasteiger partial charge in [0.15, 0.2) is 5.76 Å². The van der Waals surface area contributed by atoms with Gasteiger partial charge >= 0.3 is 0 Å². The van der Waals surface area contributed by atoms with Gasteiger partial charge in [0.05, 0.1) is 5.56 Å². The van der Waals surface area contributed by atoms with Crippen LogP contribution in [0.15, 0.2) is 28.7 Å². The van der Waals surface area contributed by atoms with Crippen molar-refractivity contribution in [3.05, 3.63) is 41.2 Å². The van der Waals surface area contributed by atoms with E-state index in [1.165, 1.54) is 0 Å². The Bertz CT molecular complexity index is 749. The number of benzene rings is 1. The predicted octanol–water partition coefficient (Wildman–Crippen LogP) is 2.90. The SMILES string of the molecule is Cc1cc2c(c(-c3ccc(C(=O)NCC(C)C)o3)c1)O[C@H](CN)C2. The maximum absolute atomic E-state index is 12.1. The van der Waals surface area contributed by atoms with Crippen molar-refractivity contribution >= 4 is 5.91 Å². The van der Waals surface area contributed by atoms with E-state index in [-0.39, 0.29) is 12.0 Å². The fourth-order valence-corrected chi connectivity index (χ4v) is 2.90. The Morgan fingerprint density at radius 3 is 2.88 bits per heavy atom. The van der Waals surface area contributed by atoms with Crippen molar-refractivity contribution in [3.8, 4) is 17.1 Å². The van der Waals surface area contributed by atoms with E-state index in [2.05, 4.69) is 25.2 Å². The van der Waals surface area contributed by atoms with Gasteiger partial charge in [-0.15, -0.1) is 0 Å². The summed E-state index contributed by atoms with van der Waals surface area (Å²) in [6.45, 7) is 7.24. The molecule has 0 fully saturated rings. The summed E-state index contributed by atoms with van der Waals surface area (Å²) in [6, 6.07) is 7.66. The molecule has 3 N–H and O–H groups in total. The normalized spacial score (nSPS) is 16.1.